The number of rotatable bonds is 2. The maximum atomic E-state index is 11.6. The van der Waals surface area contributed by atoms with E-state index in [-0.39, 0.29) is 11.2 Å². The summed E-state index contributed by atoms with van der Waals surface area (Å²) in [5.74, 6) is -0.310. The quantitative estimate of drug-likeness (QED) is 0.725. The Morgan fingerprint density at radius 3 is 2.79 bits per heavy atom. The first-order valence-corrected chi connectivity index (χ1v) is 8.33. The van der Waals surface area contributed by atoms with Crippen molar-refractivity contribution in [1.29, 1.82) is 0 Å². The highest BCUT2D eigenvalue weighted by Crippen LogP contribution is 2.33. The minimum absolute atomic E-state index is 0.137. The molecule has 0 N–H and O–H groups in total. The second-order valence-electron chi connectivity index (χ2n) is 7.42. The molecule has 4 heteroatoms. The maximum absolute atomic E-state index is 11.6. The molecular formula is C20H22N2O2. The fraction of sp³-hybridized carbons (Fsp3) is 0.350. The lowest BCUT2D eigenvalue weighted by Crippen LogP contribution is -2.41. The monoisotopic (exact) mass is 322 g/mol. The van der Waals surface area contributed by atoms with E-state index in [1.807, 2.05) is 12.1 Å². The molecule has 2 heterocycles. The third-order valence-corrected chi connectivity index (χ3v) is 5.02. The summed E-state index contributed by atoms with van der Waals surface area (Å²) < 4.78 is 6.86. The fourth-order valence-corrected chi connectivity index (χ4v) is 3.91. The van der Waals surface area contributed by atoms with Crippen molar-refractivity contribution < 1.29 is 4.42 Å². The van der Waals surface area contributed by atoms with Crippen LogP contribution in [0.4, 0.5) is 0 Å². The predicted octanol–water partition coefficient (Wildman–Crippen LogP) is 3.42. The second-order valence-corrected chi connectivity index (χ2v) is 7.42. The van der Waals surface area contributed by atoms with Crippen LogP contribution in [0.15, 0.2) is 51.7 Å². The first-order valence-electron chi connectivity index (χ1n) is 8.33. The van der Waals surface area contributed by atoms with E-state index in [0.29, 0.717) is 5.58 Å². The van der Waals surface area contributed by atoms with Gasteiger partial charge in [0.1, 0.15) is 0 Å². The highest BCUT2D eigenvalue weighted by molar-refractivity contribution is 5.73. The SMILES string of the molecule is Cn1c(=O)oc2cc(CN3Cc4ccccc4C(C)(C)C3)ccc21. The van der Waals surface area contributed by atoms with Crippen LogP contribution in [0.1, 0.15) is 30.5 Å². The molecule has 3 aromatic rings. The van der Waals surface area contributed by atoms with Gasteiger partial charge in [-0.25, -0.2) is 4.79 Å². The van der Waals surface area contributed by atoms with Crippen LogP contribution >= 0.6 is 0 Å². The van der Waals surface area contributed by atoms with Gasteiger partial charge in [0.25, 0.3) is 0 Å². The first-order chi connectivity index (χ1) is 11.4. The van der Waals surface area contributed by atoms with E-state index in [1.54, 1.807) is 11.6 Å². The van der Waals surface area contributed by atoms with Gasteiger partial charge in [-0.05, 0) is 28.8 Å². The van der Waals surface area contributed by atoms with E-state index in [2.05, 4.69) is 49.1 Å². The zero-order valence-corrected chi connectivity index (χ0v) is 14.4. The van der Waals surface area contributed by atoms with Gasteiger partial charge in [0.2, 0.25) is 0 Å². The molecule has 0 bridgehead atoms. The number of oxazole rings is 1. The lowest BCUT2D eigenvalue weighted by atomic mass is 9.78. The molecular weight excluding hydrogens is 300 g/mol. The van der Waals surface area contributed by atoms with Crippen molar-refractivity contribution in [1.82, 2.24) is 9.47 Å². The molecule has 1 aliphatic heterocycles. The van der Waals surface area contributed by atoms with Crippen LogP contribution in [0.25, 0.3) is 11.1 Å². The highest BCUT2D eigenvalue weighted by atomic mass is 16.4. The van der Waals surface area contributed by atoms with Crippen molar-refractivity contribution in [3.63, 3.8) is 0 Å². The molecule has 24 heavy (non-hydrogen) atoms. The van der Waals surface area contributed by atoms with Gasteiger partial charge in [0.15, 0.2) is 5.58 Å². The minimum Gasteiger partial charge on any atom is -0.408 e. The molecule has 1 aliphatic rings. The Morgan fingerprint density at radius 1 is 1.17 bits per heavy atom. The van der Waals surface area contributed by atoms with Gasteiger partial charge in [0, 0.05) is 32.1 Å². The van der Waals surface area contributed by atoms with E-state index in [4.69, 9.17) is 4.42 Å². The molecule has 0 fully saturated rings. The molecule has 0 radical (unpaired) electrons. The van der Waals surface area contributed by atoms with Crippen LogP contribution in [0.2, 0.25) is 0 Å². The number of fused-ring (bicyclic) bond motifs is 2. The predicted molar refractivity (Wildman–Crippen MR) is 95.0 cm³/mol. The largest absolute Gasteiger partial charge is 0.419 e. The second kappa shape index (κ2) is 5.35. The number of hydrogen-bond donors (Lipinski definition) is 0. The summed E-state index contributed by atoms with van der Waals surface area (Å²) in [6.45, 7) is 7.43. The van der Waals surface area contributed by atoms with Crippen molar-refractivity contribution in [2.24, 2.45) is 7.05 Å². The van der Waals surface area contributed by atoms with Gasteiger partial charge in [-0.2, -0.15) is 0 Å². The average molecular weight is 322 g/mol. The zero-order valence-electron chi connectivity index (χ0n) is 14.4. The summed E-state index contributed by atoms with van der Waals surface area (Å²) in [6.07, 6.45) is 0. The Labute approximate surface area is 141 Å². The van der Waals surface area contributed by atoms with Crippen molar-refractivity contribution in [2.75, 3.05) is 6.54 Å². The highest BCUT2D eigenvalue weighted by Gasteiger charge is 2.31. The molecule has 2 aromatic carbocycles. The molecule has 4 rings (SSSR count). The molecule has 1 aromatic heterocycles. The summed E-state index contributed by atoms with van der Waals surface area (Å²) in [5.41, 5.74) is 5.67. The Kier molecular flexibility index (Phi) is 3.39. The van der Waals surface area contributed by atoms with Gasteiger partial charge in [-0.3, -0.25) is 9.47 Å². The van der Waals surface area contributed by atoms with Gasteiger partial charge < -0.3 is 4.42 Å². The van der Waals surface area contributed by atoms with Crippen LogP contribution in [0.3, 0.4) is 0 Å². The smallest absolute Gasteiger partial charge is 0.408 e. The lowest BCUT2D eigenvalue weighted by molar-refractivity contribution is 0.186. The summed E-state index contributed by atoms with van der Waals surface area (Å²) in [6, 6.07) is 14.8. The summed E-state index contributed by atoms with van der Waals surface area (Å²) in [7, 11) is 1.73. The molecule has 124 valence electrons. The third kappa shape index (κ3) is 2.47. The Bertz CT molecular complexity index is 965. The van der Waals surface area contributed by atoms with Crippen LogP contribution in [0, 0.1) is 0 Å². The first kappa shape index (κ1) is 15.2. The zero-order chi connectivity index (χ0) is 16.9. The van der Waals surface area contributed by atoms with Crippen molar-refractivity contribution in [3.8, 4) is 0 Å². The van der Waals surface area contributed by atoms with E-state index in [0.717, 1.165) is 25.2 Å². The number of aromatic nitrogens is 1. The van der Waals surface area contributed by atoms with Gasteiger partial charge in [-0.1, -0.05) is 44.2 Å². The summed E-state index contributed by atoms with van der Waals surface area (Å²) >= 11 is 0. The maximum Gasteiger partial charge on any atom is 0.419 e. The van der Waals surface area contributed by atoms with E-state index in [1.165, 1.54) is 16.7 Å². The molecule has 0 saturated heterocycles. The molecule has 0 spiro atoms. The molecule has 0 saturated carbocycles. The van der Waals surface area contributed by atoms with E-state index in [9.17, 15) is 4.79 Å². The summed E-state index contributed by atoms with van der Waals surface area (Å²) in [5, 5.41) is 0. The Balaban J connectivity index is 1.63. The Hall–Kier alpha value is -2.33. The lowest BCUT2D eigenvalue weighted by Gasteiger charge is -2.40. The molecule has 4 nitrogen and oxygen atoms in total. The van der Waals surface area contributed by atoms with Gasteiger partial charge in [0.05, 0.1) is 5.52 Å². The normalized spacial score (nSPS) is 17.1. The van der Waals surface area contributed by atoms with E-state index >= 15 is 0 Å². The van der Waals surface area contributed by atoms with Gasteiger partial charge >= 0.3 is 5.76 Å². The minimum atomic E-state index is -0.310. The standard InChI is InChI=1S/C20H22N2O2/c1-20(2)13-22(12-15-6-4-5-7-16(15)20)11-14-8-9-17-18(10-14)24-19(23)21(17)3/h4-10H,11-13H2,1-3H3. The fourth-order valence-electron chi connectivity index (χ4n) is 3.91. The van der Waals surface area contributed by atoms with Gasteiger partial charge in [-0.15, -0.1) is 0 Å². The molecule has 0 aliphatic carbocycles. The molecule has 0 atom stereocenters. The number of nitrogens with zero attached hydrogens (tertiary/aromatic N) is 2. The third-order valence-electron chi connectivity index (χ3n) is 5.02. The van der Waals surface area contributed by atoms with Crippen LogP contribution in [-0.2, 0) is 25.6 Å². The topological polar surface area (TPSA) is 38.4 Å². The Morgan fingerprint density at radius 2 is 1.96 bits per heavy atom. The number of benzene rings is 2. The number of hydrogen-bond acceptors (Lipinski definition) is 3. The van der Waals surface area contributed by atoms with Crippen LogP contribution in [0.5, 0.6) is 0 Å². The van der Waals surface area contributed by atoms with Crippen LogP contribution in [-0.4, -0.2) is 16.0 Å². The van der Waals surface area contributed by atoms with Crippen LogP contribution < -0.4 is 5.76 Å². The number of aryl methyl sites for hydroxylation is 1. The summed E-state index contributed by atoms with van der Waals surface area (Å²) in [4.78, 5) is 14.1. The van der Waals surface area contributed by atoms with E-state index < -0.39 is 0 Å². The molecule has 0 unspecified atom stereocenters. The molecule has 0 amide bonds. The van der Waals surface area contributed by atoms with Crippen molar-refractivity contribution in [3.05, 3.63) is 69.7 Å². The van der Waals surface area contributed by atoms with Crippen molar-refractivity contribution >= 4 is 11.1 Å². The van der Waals surface area contributed by atoms with Crippen molar-refractivity contribution in [2.45, 2.75) is 32.4 Å². The average Bonchev–Trinajstić information content (AvgIpc) is 2.81.